The lowest BCUT2D eigenvalue weighted by Gasteiger charge is -2.36. The number of allylic oxidation sites excluding steroid dienone is 2. The molecule has 16 heavy (non-hydrogen) atoms. The zero-order valence-electron chi connectivity index (χ0n) is 10.1. The molecule has 0 amide bonds. The fourth-order valence-corrected chi connectivity index (χ4v) is 3.17. The molecule has 0 heterocycles. The minimum Gasteiger partial charge on any atom is -0.468 e. The zero-order chi connectivity index (χ0) is 11.9. The first-order valence-corrected chi connectivity index (χ1v) is 5.79. The van der Waals surface area contributed by atoms with Crippen LogP contribution in [0.1, 0.15) is 39.5 Å². The minimum absolute atomic E-state index is 0.0798. The number of rotatable bonds is 1. The van der Waals surface area contributed by atoms with Crippen LogP contribution in [0, 0.1) is 11.3 Å². The van der Waals surface area contributed by atoms with Crippen LogP contribution in [0.3, 0.4) is 0 Å². The predicted octanol–water partition coefficient (Wildman–Crippen LogP) is 2.26. The Hall–Kier alpha value is -1.12. The van der Waals surface area contributed by atoms with Crippen molar-refractivity contribution in [2.45, 2.75) is 39.5 Å². The summed E-state index contributed by atoms with van der Waals surface area (Å²) in [5.74, 6) is -0.0841. The largest absolute Gasteiger partial charge is 0.468 e. The van der Waals surface area contributed by atoms with Crippen molar-refractivity contribution < 1.29 is 14.3 Å². The van der Waals surface area contributed by atoms with E-state index in [2.05, 4.69) is 6.92 Å². The van der Waals surface area contributed by atoms with Crippen molar-refractivity contribution in [2.24, 2.45) is 11.3 Å². The van der Waals surface area contributed by atoms with Crippen molar-refractivity contribution in [2.75, 3.05) is 7.11 Å². The topological polar surface area (TPSA) is 43.4 Å². The van der Waals surface area contributed by atoms with Gasteiger partial charge in [-0.05, 0) is 39.0 Å². The Morgan fingerprint density at radius 1 is 1.38 bits per heavy atom. The quantitative estimate of drug-likeness (QED) is 0.388. The molecular weight excluding hydrogens is 204 g/mol. The van der Waals surface area contributed by atoms with Gasteiger partial charge in [0.1, 0.15) is 5.41 Å². The summed E-state index contributed by atoms with van der Waals surface area (Å²) >= 11 is 0. The lowest BCUT2D eigenvalue weighted by atomic mass is 9.66. The molecule has 0 radical (unpaired) electrons. The van der Waals surface area contributed by atoms with E-state index in [-0.39, 0.29) is 17.7 Å². The first-order chi connectivity index (χ1) is 7.52. The van der Waals surface area contributed by atoms with Crippen molar-refractivity contribution in [3.8, 4) is 0 Å². The Labute approximate surface area is 95.9 Å². The van der Waals surface area contributed by atoms with Gasteiger partial charge in [0.2, 0.25) is 0 Å². The Kier molecular flexibility index (Phi) is 2.64. The molecule has 0 N–H and O–H groups in total. The van der Waals surface area contributed by atoms with E-state index in [4.69, 9.17) is 4.74 Å². The molecule has 2 atom stereocenters. The number of hydrogen-bond acceptors (Lipinski definition) is 3. The third-order valence-corrected chi connectivity index (χ3v) is 4.29. The molecule has 2 aliphatic carbocycles. The van der Waals surface area contributed by atoms with Crippen molar-refractivity contribution in [3.05, 3.63) is 11.1 Å². The standard InChI is InChI=1S/C13H18O3/c1-8-6-10-4-5-11(14)13(10,7-9(8)2)12(15)16-3/h10H,4-7H2,1-3H3/t10-,13-/m0/s1. The van der Waals surface area contributed by atoms with E-state index in [1.807, 2.05) is 6.92 Å². The number of ether oxygens (including phenoxy) is 1. The highest BCUT2D eigenvalue weighted by molar-refractivity contribution is 6.06. The molecule has 0 aromatic carbocycles. The smallest absolute Gasteiger partial charge is 0.319 e. The number of methoxy groups -OCH3 is 1. The van der Waals surface area contributed by atoms with Gasteiger partial charge in [0, 0.05) is 6.42 Å². The number of ketones is 1. The third-order valence-electron chi connectivity index (χ3n) is 4.29. The molecule has 1 fully saturated rings. The van der Waals surface area contributed by atoms with Crippen LogP contribution in [-0.4, -0.2) is 18.9 Å². The highest BCUT2D eigenvalue weighted by Crippen LogP contribution is 2.52. The molecule has 1 saturated carbocycles. The van der Waals surface area contributed by atoms with Gasteiger partial charge in [-0.3, -0.25) is 9.59 Å². The Balaban J connectivity index is 2.45. The van der Waals surface area contributed by atoms with E-state index >= 15 is 0 Å². The first-order valence-electron chi connectivity index (χ1n) is 5.79. The summed E-state index contributed by atoms with van der Waals surface area (Å²) in [7, 11) is 1.38. The number of carbonyl (C=O) groups is 2. The van der Waals surface area contributed by atoms with Crippen molar-refractivity contribution in [3.63, 3.8) is 0 Å². The molecule has 0 saturated heterocycles. The maximum Gasteiger partial charge on any atom is 0.319 e. The van der Waals surface area contributed by atoms with E-state index in [0.29, 0.717) is 12.8 Å². The van der Waals surface area contributed by atoms with E-state index in [1.54, 1.807) is 0 Å². The highest BCUT2D eigenvalue weighted by Gasteiger charge is 2.57. The average Bonchev–Trinajstić information content (AvgIpc) is 2.57. The van der Waals surface area contributed by atoms with Crippen molar-refractivity contribution >= 4 is 11.8 Å². The lowest BCUT2D eigenvalue weighted by Crippen LogP contribution is -2.44. The molecule has 0 aliphatic heterocycles. The monoisotopic (exact) mass is 222 g/mol. The van der Waals surface area contributed by atoms with Gasteiger partial charge in [0.25, 0.3) is 0 Å². The van der Waals surface area contributed by atoms with Crippen LogP contribution in [0.15, 0.2) is 11.1 Å². The summed E-state index contributed by atoms with van der Waals surface area (Å²) < 4.78 is 4.87. The maximum absolute atomic E-state index is 12.1. The SMILES string of the molecule is COC(=O)[C@@]12CC(C)=C(C)C[C@@H]1CCC2=O. The molecule has 2 aliphatic rings. The number of fused-ring (bicyclic) bond motifs is 1. The van der Waals surface area contributed by atoms with Gasteiger partial charge in [0.05, 0.1) is 7.11 Å². The molecule has 0 aromatic rings. The molecule has 0 spiro atoms. The molecule has 3 heteroatoms. The first kappa shape index (κ1) is 11.4. The molecule has 0 unspecified atom stereocenters. The second-order valence-electron chi connectivity index (χ2n) is 5.06. The molecule has 2 rings (SSSR count). The molecular formula is C13H18O3. The van der Waals surface area contributed by atoms with Crippen LogP contribution in [0.5, 0.6) is 0 Å². The summed E-state index contributed by atoms with van der Waals surface area (Å²) in [5, 5.41) is 0. The fourth-order valence-electron chi connectivity index (χ4n) is 3.17. The van der Waals surface area contributed by atoms with Crippen molar-refractivity contribution in [1.82, 2.24) is 0 Å². The highest BCUT2D eigenvalue weighted by atomic mass is 16.5. The van der Waals surface area contributed by atoms with Gasteiger partial charge < -0.3 is 4.74 Å². The maximum atomic E-state index is 12.1. The fraction of sp³-hybridized carbons (Fsp3) is 0.692. The van der Waals surface area contributed by atoms with E-state index in [9.17, 15) is 9.59 Å². The van der Waals surface area contributed by atoms with E-state index in [1.165, 1.54) is 18.3 Å². The molecule has 3 nitrogen and oxygen atoms in total. The molecule has 0 aromatic heterocycles. The second kappa shape index (κ2) is 3.72. The van der Waals surface area contributed by atoms with Crippen LogP contribution in [0.2, 0.25) is 0 Å². The van der Waals surface area contributed by atoms with Gasteiger partial charge >= 0.3 is 5.97 Å². The number of esters is 1. The lowest BCUT2D eigenvalue weighted by molar-refractivity contribution is -0.159. The zero-order valence-corrected chi connectivity index (χ0v) is 10.1. The Morgan fingerprint density at radius 3 is 2.69 bits per heavy atom. The van der Waals surface area contributed by atoms with Crippen molar-refractivity contribution in [1.29, 1.82) is 0 Å². The third kappa shape index (κ3) is 1.34. The van der Waals surface area contributed by atoms with Gasteiger partial charge in [-0.15, -0.1) is 0 Å². The van der Waals surface area contributed by atoms with Gasteiger partial charge in [-0.1, -0.05) is 11.1 Å². The van der Waals surface area contributed by atoms with Gasteiger partial charge in [0.15, 0.2) is 5.78 Å². The predicted molar refractivity (Wildman–Crippen MR) is 59.8 cm³/mol. The van der Waals surface area contributed by atoms with Gasteiger partial charge in [-0.2, -0.15) is 0 Å². The summed E-state index contributed by atoms with van der Waals surface area (Å²) in [4.78, 5) is 24.0. The van der Waals surface area contributed by atoms with Crippen LogP contribution >= 0.6 is 0 Å². The number of carbonyl (C=O) groups excluding carboxylic acids is 2. The number of Topliss-reactive ketones (excluding diaryl/α,β-unsaturated/α-hetero) is 1. The van der Waals surface area contributed by atoms with Gasteiger partial charge in [-0.25, -0.2) is 0 Å². The average molecular weight is 222 g/mol. The van der Waals surface area contributed by atoms with Crippen LogP contribution < -0.4 is 0 Å². The van der Waals surface area contributed by atoms with Crippen LogP contribution in [-0.2, 0) is 14.3 Å². The Morgan fingerprint density at radius 2 is 2.06 bits per heavy atom. The Bertz CT molecular complexity index is 381. The summed E-state index contributed by atoms with van der Waals surface area (Å²) in [6.07, 6.45) is 2.79. The van der Waals surface area contributed by atoms with E-state index < -0.39 is 5.41 Å². The summed E-state index contributed by atoms with van der Waals surface area (Å²) in [6, 6.07) is 0. The summed E-state index contributed by atoms with van der Waals surface area (Å²) in [6.45, 7) is 4.11. The normalized spacial score (nSPS) is 33.9. The van der Waals surface area contributed by atoms with Crippen LogP contribution in [0.25, 0.3) is 0 Å². The molecule has 0 bridgehead atoms. The minimum atomic E-state index is -0.849. The van der Waals surface area contributed by atoms with E-state index in [0.717, 1.165) is 12.8 Å². The van der Waals surface area contributed by atoms with Crippen LogP contribution in [0.4, 0.5) is 0 Å². The summed E-state index contributed by atoms with van der Waals surface area (Å²) in [5.41, 5.74) is 1.66. The molecule has 88 valence electrons. The second-order valence-corrected chi connectivity index (χ2v) is 5.06. The number of hydrogen-bond donors (Lipinski definition) is 0.